The van der Waals surface area contributed by atoms with E-state index in [1.807, 2.05) is 13.0 Å². The predicted molar refractivity (Wildman–Crippen MR) is 131 cm³/mol. The summed E-state index contributed by atoms with van der Waals surface area (Å²) in [4.78, 5) is 11.9. The Balaban J connectivity index is 2.14. The minimum absolute atomic E-state index is 0.0362. The number of esters is 1. The molecular formula is C25H25ClFNO5S. The highest BCUT2D eigenvalue weighted by molar-refractivity contribution is 7.92. The number of benzene rings is 3. The second-order valence-corrected chi connectivity index (χ2v) is 9.48. The van der Waals surface area contributed by atoms with Crippen LogP contribution in [0.15, 0.2) is 59.5 Å². The monoisotopic (exact) mass is 505 g/mol. The molecule has 6 nitrogen and oxygen atoms in total. The van der Waals surface area contributed by atoms with E-state index in [0.29, 0.717) is 24.0 Å². The van der Waals surface area contributed by atoms with E-state index in [4.69, 9.17) is 21.1 Å². The highest BCUT2D eigenvalue weighted by Crippen LogP contribution is 2.36. The third kappa shape index (κ3) is 5.51. The summed E-state index contributed by atoms with van der Waals surface area (Å²) in [6, 6.07) is 14.1. The van der Waals surface area contributed by atoms with Crippen molar-refractivity contribution in [2.75, 3.05) is 18.4 Å². The molecule has 3 aromatic carbocycles. The molecule has 1 N–H and O–H groups in total. The fourth-order valence-electron chi connectivity index (χ4n) is 3.52. The van der Waals surface area contributed by atoms with Gasteiger partial charge in [-0.05, 0) is 48.7 Å². The van der Waals surface area contributed by atoms with Gasteiger partial charge in [-0.2, -0.15) is 0 Å². The van der Waals surface area contributed by atoms with Crippen LogP contribution in [-0.2, 0) is 21.2 Å². The van der Waals surface area contributed by atoms with Crippen molar-refractivity contribution < 1.29 is 27.1 Å². The van der Waals surface area contributed by atoms with Gasteiger partial charge >= 0.3 is 5.97 Å². The second kappa shape index (κ2) is 10.9. The molecule has 0 heterocycles. The van der Waals surface area contributed by atoms with Crippen LogP contribution >= 0.6 is 11.6 Å². The summed E-state index contributed by atoms with van der Waals surface area (Å²) in [5, 5.41) is -0.0636. The number of anilines is 1. The predicted octanol–water partition coefficient (Wildman–Crippen LogP) is 6.08. The van der Waals surface area contributed by atoms with E-state index in [-0.39, 0.29) is 39.1 Å². The summed E-state index contributed by atoms with van der Waals surface area (Å²) >= 11 is 6.22. The maximum absolute atomic E-state index is 14.9. The minimum Gasteiger partial charge on any atom is -0.494 e. The van der Waals surface area contributed by atoms with Gasteiger partial charge in [0.15, 0.2) is 5.75 Å². The number of methoxy groups -OCH3 is 1. The maximum Gasteiger partial charge on any atom is 0.338 e. The number of halogens is 2. The largest absolute Gasteiger partial charge is 0.494 e. The number of aryl methyl sites for hydroxylation is 1. The normalized spacial score (nSPS) is 11.2. The van der Waals surface area contributed by atoms with Crippen LogP contribution in [0.4, 0.5) is 10.1 Å². The first-order valence-corrected chi connectivity index (χ1v) is 12.5. The molecule has 180 valence electrons. The lowest BCUT2D eigenvalue weighted by Gasteiger charge is -2.17. The fraction of sp³-hybridized carbons (Fsp3) is 0.240. The topological polar surface area (TPSA) is 81.7 Å². The highest BCUT2D eigenvalue weighted by atomic mass is 35.5. The molecule has 0 atom stereocenters. The fourth-order valence-corrected chi connectivity index (χ4v) is 5.18. The first-order chi connectivity index (χ1) is 16.2. The molecule has 9 heteroatoms. The molecule has 0 unspecified atom stereocenters. The van der Waals surface area contributed by atoms with E-state index in [9.17, 15) is 17.6 Å². The van der Waals surface area contributed by atoms with Crippen LogP contribution in [0, 0.1) is 5.82 Å². The molecule has 3 aromatic rings. The van der Waals surface area contributed by atoms with Gasteiger partial charge in [0.2, 0.25) is 0 Å². The highest BCUT2D eigenvalue weighted by Gasteiger charge is 2.26. The van der Waals surface area contributed by atoms with Crippen molar-refractivity contribution in [3.63, 3.8) is 0 Å². The van der Waals surface area contributed by atoms with Crippen molar-refractivity contribution in [3.8, 4) is 16.9 Å². The van der Waals surface area contributed by atoms with Gasteiger partial charge in [-0.25, -0.2) is 17.6 Å². The zero-order valence-electron chi connectivity index (χ0n) is 19.0. The van der Waals surface area contributed by atoms with Crippen LogP contribution in [0.3, 0.4) is 0 Å². The molecule has 34 heavy (non-hydrogen) atoms. The van der Waals surface area contributed by atoms with Crippen LogP contribution in [0.2, 0.25) is 5.02 Å². The third-order valence-corrected chi connectivity index (χ3v) is 6.71. The van der Waals surface area contributed by atoms with E-state index in [1.54, 1.807) is 31.2 Å². The van der Waals surface area contributed by atoms with Crippen molar-refractivity contribution in [2.45, 2.75) is 31.6 Å². The Kier molecular flexibility index (Phi) is 8.17. The van der Waals surface area contributed by atoms with Gasteiger partial charge in [-0.15, -0.1) is 0 Å². The van der Waals surface area contributed by atoms with Crippen LogP contribution in [-0.4, -0.2) is 28.1 Å². The zero-order chi connectivity index (χ0) is 24.9. The Labute approximate surface area is 203 Å². The molecule has 0 aromatic heterocycles. The summed E-state index contributed by atoms with van der Waals surface area (Å²) < 4.78 is 54.6. The second-order valence-electron chi connectivity index (χ2n) is 7.42. The van der Waals surface area contributed by atoms with Gasteiger partial charge in [-0.3, -0.25) is 4.72 Å². The smallest absolute Gasteiger partial charge is 0.338 e. The summed E-state index contributed by atoms with van der Waals surface area (Å²) in [5.74, 6) is -1.30. The van der Waals surface area contributed by atoms with Crippen molar-refractivity contribution in [2.24, 2.45) is 0 Å². The molecule has 0 saturated heterocycles. The molecule has 0 aliphatic heterocycles. The molecule has 0 spiro atoms. The number of carbonyl (C=O) groups is 1. The van der Waals surface area contributed by atoms with Crippen molar-refractivity contribution in [1.29, 1.82) is 0 Å². The minimum atomic E-state index is -4.29. The van der Waals surface area contributed by atoms with E-state index in [0.717, 1.165) is 6.07 Å². The van der Waals surface area contributed by atoms with Gasteiger partial charge in [0, 0.05) is 5.56 Å². The summed E-state index contributed by atoms with van der Waals surface area (Å²) in [6.45, 7) is 3.66. The molecular weight excluding hydrogens is 481 g/mol. The van der Waals surface area contributed by atoms with E-state index < -0.39 is 21.8 Å². The number of sulfonamides is 1. The number of nitrogens with one attached hydrogen (secondary N) is 1. The van der Waals surface area contributed by atoms with E-state index in [2.05, 4.69) is 4.72 Å². The SMILES string of the molecule is CCCc1cc(F)c(-c2ccccc2)cc1NS(=O)(=O)c1cc(C(=O)OCC)cc(Cl)c1OC. The third-order valence-electron chi connectivity index (χ3n) is 5.06. The summed E-state index contributed by atoms with van der Waals surface area (Å²) in [5.41, 5.74) is 1.54. The lowest BCUT2D eigenvalue weighted by Crippen LogP contribution is -2.17. The lowest BCUT2D eigenvalue weighted by atomic mass is 10.00. The Morgan fingerprint density at radius 2 is 1.79 bits per heavy atom. The average Bonchev–Trinajstić information content (AvgIpc) is 2.81. The van der Waals surface area contributed by atoms with Crippen LogP contribution in [0.5, 0.6) is 5.75 Å². The molecule has 0 aliphatic carbocycles. The number of rotatable bonds is 9. The van der Waals surface area contributed by atoms with Crippen molar-refractivity contribution in [1.82, 2.24) is 0 Å². The van der Waals surface area contributed by atoms with Crippen molar-refractivity contribution in [3.05, 3.63) is 76.6 Å². The Morgan fingerprint density at radius 3 is 2.41 bits per heavy atom. The number of hydrogen-bond acceptors (Lipinski definition) is 5. The van der Waals surface area contributed by atoms with Gasteiger partial charge in [-0.1, -0.05) is 55.3 Å². The molecule has 0 bridgehead atoms. The van der Waals surface area contributed by atoms with Gasteiger partial charge < -0.3 is 9.47 Å². The van der Waals surface area contributed by atoms with Crippen molar-refractivity contribution >= 4 is 33.3 Å². The summed E-state index contributed by atoms with van der Waals surface area (Å²) in [6.07, 6.45) is 1.12. The average molecular weight is 506 g/mol. The molecule has 0 fully saturated rings. The van der Waals surface area contributed by atoms with Gasteiger partial charge in [0.1, 0.15) is 10.7 Å². The summed E-state index contributed by atoms with van der Waals surface area (Å²) in [7, 11) is -3.02. The standard InChI is InChI=1S/C25H25ClFNO5S/c1-4-9-17-13-21(27)19(16-10-7-6-8-11-16)15-22(17)28-34(30,31)23-14-18(25(29)33-5-2)12-20(26)24(23)32-3/h6-8,10-15,28H,4-5,9H2,1-3H3. The maximum atomic E-state index is 14.9. The first kappa shape index (κ1) is 25.5. The van der Waals surface area contributed by atoms with Crippen LogP contribution in [0.25, 0.3) is 11.1 Å². The van der Waals surface area contributed by atoms with Crippen LogP contribution in [0.1, 0.15) is 36.2 Å². The lowest BCUT2D eigenvalue weighted by molar-refractivity contribution is 0.0526. The number of ether oxygens (including phenoxy) is 2. The molecule has 0 aliphatic rings. The van der Waals surface area contributed by atoms with E-state index >= 15 is 0 Å². The van der Waals surface area contributed by atoms with E-state index in [1.165, 1.54) is 25.3 Å². The Hall–Kier alpha value is -3.10. The molecule has 0 radical (unpaired) electrons. The molecule has 0 amide bonds. The van der Waals surface area contributed by atoms with Crippen LogP contribution < -0.4 is 9.46 Å². The first-order valence-electron chi connectivity index (χ1n) is 10.7. The van der Waals surface area contributed by atoms with Gasteiger partial charge in [0.05, 0.1) is 30.0 Å². The molecule has 3 rings (SSSR count). The Bertz CT molecular complexity index is 1300. The Morgan fingerprint density at radius 1 is 1.09 bits per heavy atom. The number of hydrogen-bond donors (Lipinski definition) is 1. The quantitative estimate of drug-likeness (QED) is 0.356. The molecule has 0 saturated carbocycles. The zero-order valence-corrected chi connectivity index (χ0v) is 20.6. The van der Waals surface area contributed by atoms with Gasteiger partial charge in [0.25, 0.3) is 10.0 Å². The number of carbonyl (C=O) groups excluding carboxylic acids is 1.